The fourth-order valence-electron chi connectivity index (χ4n) is 5.50. The van der Waals surface area contributed by atoms with Crippen molar-refractivity contribution in [3.63, 3.8) is 0 Å². The third-order valence-electron chi connectivity index (χ3n) is 7.48. The molecule has 4 N–H and O–H groups in total. The van der Waals surface area contributed by atoms with Crippen LogP contribution in [-0.2, 0) is 32.5 Å². The van der Waals surface area contributed by atoms with Gasteiger partial charge in [-0.3, -0.25) is 0 Å². The highest BCUT2D eigenvalue weighted by Crippen LogP contribution is 2.23. The Morgan fingerprint density at radius 3 is 2.26 bits per heavy atom. The average Bonchev–Trinajstić information content (AvgIpc) is 3.61. The van der Waals surface area contributed by atoms with Crippen LogP contribution in [0.25, 0.3) is 21.8 Å². The van der Waals surface area contributed by atoms with Gasteiger partial charge in [0.25, 0.3) is 0 Å². The standard InChI is InChI=1S/C34H34N4/c1-35-22-30-12-10-25(18-31(30)17-24-9-11-26-13-15-38-34(26)19-24)21-36-23-29-6-3-2-5-27(29)20-28-7-4-8-33-32(28)14-16-37-33/h2-16,18-19,35-38H,17,20-23H2,1H3. The summed E-state index contributed by atoms with van der Waals surface area (Å²) in [5.41, 5.74) is 11.9. The van der Waals surface area contributed by atoms with E-state index >= 15 is 0 Å². The lowest BCUT2D eigenvalue weighted by Gasteiger charge is -2.14. The number of aromatic amines is 2. The minimum Gasteiger partial charge on any atom is -0.361 e. The molecule has 0 spiro atoms. The van der Waals surface area contributed by atoms with Gasteiger partial charge in [0.05, 0.1) is 0 Å². The smallest absolute Gasteiger partial charge is 0.0456 e. The van der Waals surface area contributed by atoms with Crippen molar-refractivity contribution in [1.29, 1.82) is 0 Å². The van der Waals surface area contributed by atoms with Crippen molar-refractivity contribution in [2.45, 2.75) is 32.5 Å². The van der Waals surface area contributed by atoms with E-state index in [0.29, 0.717) is 0 Å². The second kappa shape index (κ2) is 11.1. The third-order valence-corrected chi connectivity index (χ3v) is 7.48. The Labute approximate surface area is 224 Å². The van der Waals surface area contributed by atoms with Crippen molar-refractivity contribution in [2.75, 3.05) is 7.05 Å². The Balaban J connectivity index is 1.16. The van der Waals surface area contributed by atoms with Gasteiger partial charge in [-0.15, -0.1) is 0 Å². The fourth-order valence-corrected chi connectivity index (χ4v) is 5.50. The van der Waals surface area contributed by atoms with Crippen molar-refractivity contribution >= 4 is 21.8 Å². The van der Waals surface area contributed by atoms with Crippen LogP contribution in [0.15, 0.2) is 103 Å². The Kier molecular flexibility index (Phi) is 7.07. The fraction of sp³-hybridized carbons (Fsp3) is 0.176. The van der Waals surface area contributed by atoms with Crippen LogP contribution in [0.5, 0.6) is 0 Å². The summed E-state index contributed by atoms with van der Waals surface area (Å²) in [4.78, 5) is 6.68. The van der Waals surface area contributed by atoms with E-state index in [1.54, 1.807) is 0 Å². The van der Waals surface area contributed by atoms with Crippen molar-refractivity contribution in [3.05, 3.63) is 142 Å². The first kappa shape index (κ1) is 24.2. The molecule has 0 saturated heterocycles. The zero-order valence-corrected chi connectivity index (χ0v) is 21.9. The number of H-pyrrole nitrogens is 2. The van der Waals surface area contributed by atoms with Crippen LogP contribution in [0.3, 0.4) is 0 Å². The van der Waals surface area contributed by atoms with Crippen LogP contribution < -0.4 is 10.6 Å². The molecular weight excluding hydrogens is 464 g/mol. The summed E-state index contributed by atoms with van der Waals surface area (Å²) in [5, 5.41) is 9.61. The maximum absolute atomic E-state index is 3.71. The van der Waals surface area contributed by atoms with Gasteiger partial charge in [0.15, 0.2) is 0 Å². The van der Waals surface area contributed by atoms with E-state index < -0.39 is 0 Å². The van der Waals surface area contributed by atoms with Crippen LogP contribution in [-0.4, -0.2) is 17.0 Å². The van der Waals surface area contributed by atoms with Crippen LogP contribution in [0.1, 0.15) is 38.9 Å². The van der Waals surface area contributed by atoms with Gasteiger partial charge < -0.3 is 20.6 Å². The molecule has 0 aliphatic heterocycles. The number of rotatable bonds is 10. The van der Waals surface area contributed by atoms with Gasteiger partial charge in [0.2, 0.25) is 0 Å². The molecule has 0 aliphatic carbocycles. The van der Waals surface area contributed by atoms with Crippen LogP contribution in [0.2, 0.25) is 0 Å². The van der Waals surface area contributed by atoms with Gasteiger partial charge in [0, 0.05) is 48.4 Å². The summed E-state index contributed by atoms with van der Waals surface area (Å²) in [6.07, 6.45) is 5.89. The SMILES string of the molecule is CNCc1ccc(CNCc2ccccc2Cc2cccc3[nH]ccc23)cc1Cc1ccc2cc[nH]c2c1. The molecule has 2 heterocycles. The normalized spacial score (nSPS) is 11.5. The molecule has 190 valence electrons. The molecule has 0 amide bonds. The molecule has 6 aromatic rings. The van der Waals surface area contributed by atoms with Gasteiger partial charge in [-0.05, 0) is 88.5 Å². The minimum atomic E-state index is 0.838. The van der Waals surface area contributed by atoms with Gasteiger partial charge in [-0.1, -0.05) is 66.7 Å². The molecule has 0 atom stereocenters. The molecule has 0 aliphatic rings. The average molecular weight is 499 g/mol. The molecule has 0 radical (unpaired) electrons. The maximum atomic E-state index is 3.71. The van der Waals surface area contributed by atoms with Crippen molar-refractivity contribution in [2.24, 2.45) is 0 Å². The summed E-state index contributed by atoms with van der Waals surface area (Å²) in [7, 11) is 2.01. The van der Waals surface area contributed by atoms with Gasteiger partial charge >= 0.3 is 0 Å². The van der Waals surface area contributed by atoms with Crippen LogP contribution >= 0.6 is 0 Å². The van der Waals surface area contributed by atoms with E-state index in [4.69, 9.17) is 0 Å². The van der Waals surface area contributed by atoms with E-state index in [1.165, 1.54) is 60.8 Å². The predicted molar refractivity (Wildman–Crippen MR) is 158 cm³/mol. The quantitative estimate of drug-likeness (QED) is 0.167. The van der Waals surface area contributed by atoms with Crippen molar-refractivity contribution < 1.29 is 0 Å². The molecule has 6 rings (SSSR count). The number of nitrogens with one attached hydrogen (secondary N) is 4. The topological polar surface area (TPSA) is 55.6 Å². The lowest BCUT2D eigenvalue weighted by molar-refractivity contribution is 0.687. The van der Waals surface area contributed by atoms with E-state index in [0.717, 1.165) is 32.5 Å². The molecule has 38 heavy (non-hydrogen) atoms. The molecular formula is C34H34N4. The maximum Gasteiger partial charge on any atom is 0.0456 e. The molecule has 4 heteroatoms. The second-order valence-corrected chi connectivity index (χ2v) is 10.1. The highest BCUT2D eigenvalue weighted by Gasteiger charge is 2.09. The van der Waals surface area contributed by atoms with E-state index in [1.807, 2.05) is 19.4 Å². The lowest BCUT2D eigenvalue weighted by atomic mass is 9.96. The first-order valence-corrected chi connectivity index (χ1v) is 13.4. The van der Waals surface area contributed by atoms with Gasteiger partial charge in [0.1, 0.15) is 0 Å². The molecule has 4 aromatic carbocycles. The summed E-state index contributed by atoms with van der Waals surface area (Å²) in [6.45, 7) is 2.55. The Morgan fingerprint density at radius 2 is 1.34 bits per heavy atom. The van der Waals surface area contributed by atoms with Gasteiger partial charge in [-0.25, -0.2) is 0 Å². The van der Waals surface area contributed by atoms with E-state index in [-0.39, 0.29) is 0 Å². The van der Waals surface area contributed by atoms with Crippen LogP contribution in [0, 0.1) is 0 Å². The number of aromatic nitrogens is 2. The highest BCUT2D eigenvalue weighted by molar-refractivity contribution is 5.83. The van der Waals surface area contributed by atoms with E-state index in [2.05, 4.69) is 112 Å². The molecule has 2 aromatic heterocycles. The largest absolute Gasteiger partial charge is 0.361 e. The van der Waals surface area contributed by atoms with Crippen molar-refractivity contribution in [1.82, 2.24) is 20.6 Å². The Hall–Kier alpha value is -4.12. The number of benzene rings is 4. The Morgan fingerprint density at radius 1 is 0.553 bits per heavy atom. The summed E-state index contributed by atoms with van der Waals surface area (Å²) in [5.74, 6) is 0. The molecule has 0 fully saturated rings. The molecule has 0 saturated carbocycles. The second-order valence-electron chi connectivity index (χ2n) is 10.1. The monoisotopic (exact) mass is 498 g/mol. The lowest BCUT2D eigenvalue weighted by Crippen LogP contribution is -2.15. The number of hydrogen-bond acceptors (Lipinski definition) is 2. The number of hydrogen-bond donors (Lipinski definition) is 4. The summed E-state index contributed by atoms with van der Waals surface area (Å²) in [6, 6.07) is 33.2. The zero-order chi connectivity index (χ0) is 25.7. The van der Waals surface area contributed by atoms with Crippen LogP contribution in [0.4, 0.5) is 0 Å². The first-order chi connectivity index (χ1) is 18.8. The predicted octanol–water partition coefficient (Wildman–Crippen LogP) is 6.84. The number of fused-ring (bicyclic) bond motifs is 2. The highest BCUT2D eigenvalue weighted by atomic mass is 14.8. The summed E-state index contributed by atoms with van der Waals surface area (Å²) < 4.78 is 0. The third kappa shape index (κ3) is 5.28. The zero-order valence-electron chi connectivity index (χ0n) is 21.9. The first-order valence-electron chi connectivity index (χ1n) is 13.4. The summed E-state index contributed by atoms with van der Waals surface area (Å²) >= 11 is 0. The van der Waals surface area contributed by atoms with E-state index in [9.17, 15) is 0 Å². The Bertz CT molecular complexity index is 1670. The molecule has 0 bridgehead atoms. The molecule has 4 nitrogen and oxygen atoms in total. The van der Waals surface area contributed by atoms with Crippen molar-refractivity contribution in [3.8, 4) is 0 Å². The molecule has 0 unspecified atom stereocenters. The van der Waals surface area contributed by atoms with Gasteiger partial charge in [-0.2, -0.15) is 0 Å². The minimum absolute atomic E-state index is 0.838.